The zero-order chi connectivity index (χ0) is 19.1. The molecule has 2 amide bonds. The number of β-lactam (4-membered cyclic amide) rings is 1. The van der Waals surface area contributed by atoms with Gasteiger partial charge in [0.2, 0.25) is 5.91 Å². The van der Waals surface area contributed by atoms with Crippen molar-refractivity contribution in [3.63, 3.8) is 0 Å². The van der Waals surface area contributed by atoms with E-state index in [0.29, 0.717) is 12.8 Å². The molecule has 0 aliphatic carbocycles. The summed E-state index contributed by atoms with van der Waals surface area (Å²) in [4.78, 5) is 40.1. The van der Waals surface area contributed by atoms with Crippen LogP contribution in [0.1, 0.15) is 12.8 Å². The number of hydrogen-bond acceptors (Lipinski definition) is 4. The van der Waals surface area contributed by atoms with Crippen molar-refractivity contribution in [2.24, 2.45) is 0 Å². The van der Waals surface area contributed by atoms with Crippen LogP contribution in [-0.2, 0) is 14.4 Å². The lowest BCUT2D eigenvalue weighted by Gasteiger charge is -2.49. The fourth-order valence-corrected chi connectivity index (χ4v) is 3.86. The molecule has 1 saturated heterocycles. The quantitative estimate of drug-likeness (QED) is 0.581. The summed E-state index contributed by atoms with van der Waals surface area (Å²) in [6.07, 6.45) is 2.73. The first-order chi connectivity index (χ1) is 13.0. The van der Waals surface area contributed by atoms with Crippen molar-refractivity contribution < 1.29 is 19.5 Å². The molecule has 0 radical (unpaired) electrons. The highest BCUT2D eigenvalue weighted by atomic mass is 35.5. The summed E-state index contributed by atoms with van der Waals surface area (Å²) in [5.41, 5.74) is 1.56. The van der Waals surface area contributed by atoms with Gasteiger partial charge < -0.3 is 20.7 Å². The van der Waals surface area contributed by atoms with E-state index in [9.17, 15) is 19.5 Å². The van der Waals surface area contributed by atoms with Crippen molar-refractivity contribution >= 4 is 46.0 Å². The maximum atomic E-state index is 12.3. The Kier molecular flexibility index (Phi) is 4.27. The fraction of sp³-hybridized carbons (Fsp3) is 0.278. The normalized spacial score (nSPS) is 21.7. The lowest BCUT2D eigenvalue weighted by Crippen LogP contribution is -2.71. The van der Waals surface area contributed by atoms with Gasteiger partial charge in [-0.3, -0.25) is 14.5 Å². The molecule has 2 atom stereocenters. The van der Waals surface area contributed by atoms with Crippen LogP contribution >= 0.6 is 11.6 Å². The topological polar surface area (TPSA) is 115 Å². The molecule has 4 N–H and O–H groups in total. The summed E-state index contributed by atoms with van der Waals surface area (Å²) in [6.45, 7) is 0.00506. The number of H-pyrrole nitrogens is 1. The summed E-state index contributed by atoms with van der Waals surface area (Å²) in [6, 6.07) is 6.56. The van der Waals surface area contributed by atoms with Crippen LogP contribution in [0.3, 0.4) is 0 Å². The van der Waals surface area contributed by atoms with E-state index in [1.807, 2.05) is 30.5 Å². The minimum absolute atomic E-state index is 0.00506. The van der Waals surface area contributed by atoms with Crippen molar-refractivity contribution in [2.45, 2.75) is 24.9 Å². The number of fused-ring (bicyclic) bond motifs is 2. The van der Waals surface area contributed by atoms with Crippen LogP contribution < -0.4 is 10.6 Å². The molecule has 27 heavy (non-hydrogen) atoms. The van der Waals surface area contributed by atoms with E-state index in [1.54, 1.807) is 0 Å². The maximum absolute atomic E-state index is 12.3. The van der Waals surface area contributed by atoms with Gasteiger partial charge in [-0.1, -0.05) is 17.7 Å². The highest BCUT2D eigenvalue weighted by Gasteiger charge is 2.53. The number of carbonyl (C=O) groups excluding carboxylic acids is 2. The van der Waals surface area contributed by atoms with Crippen LogP contribution in [0.4, 0.5) is 5.69 Å². The molecule has 0 unspecified atom stereocenters. The molecular formula is C18H17ClN4O4. The van der Waals surface area contributed by atoms with Gasteiger partial charge >= 0.3 is 5.97 Å². The van der Waals surface area contributed by atoms with Gasteiger partial charge in [-0.05, 0) is 36.4 Å². The first-order valence-electron chi connectivity index (χ1n) is 8.51. The highest BCUT2D eigenvalue weighted by Crippen LogP contribution is 2.37. The minimum Gasteiger partial charge on any atom is -0.477 e. The number of hydrogen-bond donors (Lipinski definition) is 4. The zero-order valence-electron chi connectivity index (χ0n) is 14.2. The van der Waals surface area contributed by atoms with Gasteiger partial charge in [0.1, 0.15) is 11.7 Å². The fourth-order valence-electron chi connectivity index (χ4n) is 3.58. The van der Waals surface area contributed by atoms with Crippen molar-refractivity contribution in [3.05, 3.63) is 41.2 Å². The van der Waals surface area contributed by atoms with E-state index in [0.717, 1.165) is 16.6 Å². The van der Waals surface area contributed by atoms with E-state index in [-0.39, 0.29) is 29.2 Å². The number of rotatable bonds is 5. The molecule has 0 saturated carbocycles. The molecule has 1 aromatic carbocycles. The van der Waals surface area contributed by atoms with Crippen molar-refractivity contribution in [1.82, 2.24) is 15.2 Å². The minimum atomic E-state index is -1.23. The Morgan fingerprint density at radius 1 is 1.33 bits per heavy atom. The van der Waals surface area contributed by atoms with Crippen LogP contribution in [-0.4, -0.2) is 51.4 Å². The van der Waals surface area contributed by atoms with Gasteiger partial charge in [-0.2, -0.15) is 0 Å². The average molecular weight is 389 g/mol. The summed E-state index contributed by atoms with van der Waals surface area (Å²) < 4.78 is 0. The second-order valence-electron chi connectivity index (χ2n) is 6.55. The monoisotopic (exact) mass is 388 g/mol. The van der Waals surface area contributed by atoms with Gasteiger partial charge in [0, 0.05) is 22.4 Å². The van der Waals surface area contributed by atoms with Crippen LogP contribution in [0.5, 0.6) is 0 Å². The molecule has 140 valence electrons. The number of allylic oxidation sites excluding steroid dienone is 1. The summed E-state index contributed by atoms with van der Waals surface area (Å²) in [5, 5.41) is 16.2. The number of aliphatic carboxylic acids is 1. The number of amides is 2. The third-order valence-corrected chi connectivity index (χ3v) is 5.27. The van der Waals surface area contributed by atoms with E-state index in [4.69, 9.17) is 11.6 Å². The number of aromatic amines is 1. The zero-order valence-corrected chi connectivity index (χ0v) is 14.9. The second-order valence-corrected chi connectivity index (χ2v) is 7.01. The summed E-state index contributed by atoms with van der Waals surface area (Å²) in [5.74, 6) is -2.02. The van der Waals surface area contributed by atoms with Crippen LogP contribution in [0, 0.1) is 0 Å². The Bertz CT molecular complexity index is 983. The second kappa shape index (κ2) is 6.62. The molecular weight excluding hydrogens is 372 g/mol. The molecule has 2 aliphatic rings. The Morgan fingerprint density at radius 2 is 2.15 bits per heavy atom. The van der Waals surface area contributed by atoms with Crippen LogP contribution in [0.25, 0.3) is 10.9 Å². The molecule has 1 aromatic heterocycles. The first kappa shape index (κ1) is 17.4. The number of anilines is 1. The van der Waals surface area contributed by atoms with E-state index in [1.165, 1.54) is 4.90 Å². The molecule has 3 heterocycles. The number of halogens is 1. The standard InChI is InChI=1S/C18H17ClN4O4/c19-11-3-4-13-15(17(25)23(13)16(11)18(26)27)22-14(24)8-21-10-2-1-9-5-6-20-12(9)7-10/h1-2,5-7,13,15,20-21H,3-4,8H2,(H,22,24)(H,26,27)/t13-,15+/m1/s1. The summed E-state index contributed by atoms with van der Waals surface area (Å²) in [7, 11) is 0. The number of carbonyl (C=O) groups is 3. The third kappa shape index (κ3) is 3.02. The number of carboxylic acids is 1. The predicted octanol–water partition coefficient (Wildman–Crippen LogP) is 1.60. The number of aromatic nitrogens is 1. The molecule has 0 bridgehead atoms. The first-order valence-corrected chi connectivity index (χ1v) is 8.89. The number of nitrogens with zero attached hydrogens (tertiary/aromatic N) is 1. The Labute approximate surface area is 159 Å². The summed E-state index contributed by atoms with van der Waals surface area (Å²) >= 11 is 5.95. The number of carboxylic acid groups (broad SMARTS) is 1. The van der Waals surface area contributed by atoms with Gasteiger partial charge in [0.05, 0.1) is 12.6 Å². The van der Waals surface area contributed by atoms with Crippen molar-refractivity contribution in [2.75, 3.05) is 11.9 Å². The van der Waals surface area contributed by atoms with Gasteiger partial charge in [0.15, 0.2) is 0 Å². The average Bonchev–Trinajstić information content (AvgIpc) is 3.11. The van der Waals surface area contributed by atoms with Crippen LogP contribution in [0.15, 0.2) is 41.2 Å². The molecule has 2 aromatic rings. The molecule has 2 aliphatic heterocycles. The van der Waals surface area contributed by atoms with E-state index < -0.39 is 17.9 Å². The number of benzene rings is 1. The largest absolute Gasteiger partial charge is 0.477 e. The third-order valence-electron chi connectivity index (χ3n) is 4.90. The Hall–Kier alpha value is -3.00. The smallest absolute Gasteiger partial charge is 0.353 e. The lowest BCUT2D eigenvalue weighted by molar-refractivity contribution is -0.155. The van der Waals surface area contributed by atoms with Crippen molar-refractivity contribution in [3.8, 4) is 0 Å². The molecule has 0 spiro atoms. The molecule has 1 fully saturated rings. The maximum Gasteiger partial charge on any atom is 0.353 e. The number of nitrogens with one attached hydrogen (secondary N) is 3. The highest BCUT2D eigenvalue weighted by molar-refractivity contribution is 6.32. The Morgan fingerprint density at radius 3 is 2.93 bits per heavy atom. The Balaban J connectivity index is 1.36. The van der Waals surface area contributed by atoms with Crippen molar-refractivity contribution in [1.29, 1.82) is 0 Å². The van der Waals surface area contributed by atoms with E-state index in [2.05, 4.69) is 15.6 Å². The molecule has 9 heteroatoms. The SMILES string of the molecule is O=C(CNc1ccc2cc[nH]c2c1)N[C@@H]1C(=O)N2C(C(=O)O)=C(Cl)CC[C@H]12. The van der Waals surface area contributed by atoms with Gasteiger partial charge in [-0.25, -0.2) is 4.79 Å². The lowest BCUT2D eigenvalue weighted by atomic mass is 9.86. The molecule has 8 nitrogen and oxygen atoms in total. The van der Waals surface area contributed by atoms with Gasteiger partial charge in [0.25, 0.3) is 5.91 Å². The predicted molar refractivity (Wildman–Crippen MR) is 99.1 cm³/mol. The van der Waals surface area contributed by atoms with Gasteiger partial charge in [-0.15, -0.1) is 0 Å². The van der Waals surface area contributed by atoms with E-state index >= 15 is 0 Å². The van der Waals surface area contributed by atoms with Crippen LogP contribution in [0.2, 0.25) is 0 Å². The molecule has 4 rings (SSSR count).